The SMILES string of the molecule is CCc1noc(NC(=O)c2ccc3sc(C)nc3c2)c1C. The zero-order chi connectivity index (χ0) is 15.0. The molecule has 108 valence electrons. The highest BCUT2D eigenvalue weighted by atomic mass is 32.1. The van der Waals surface area contributed by atoms with Gasteiger partial charge in [-0.3, -0.25) is 10.1 Å². The molecule has 0 saturated heterocycles. The molecule has 0 saturated carbocycles. The van der Waals surface area contributed by atoms with Gasteiger partial charge < -0.3 is 4.52 Å². The Morgan fingerprint density at radius 3 is 2.90 bits per heavy atom. The van der Waals surface area contributed by atoms with Crippen LogP contribution < -0.4 is 5.32 Å². The summed E-state index contributed by atoms with van der Waals surface area (Å²) in [5.74, 6) is 0.191. The standard InChI is InChI=1S/C15H15N3O2S/c1-4-11-8(2)15(20-18-11)17-14(19)10-5-6-13-12(7-10)16-9(3)21-13/h5-7H,4H2,1-3H3,(H,17,19). The minimum Gasteiger partial charge on any atom is -0.338 e. The Morgan fingerprint density at radius 2 is 2.19 bits per heavy atom. The van der Waals surface area contributed by atoms with Crippen molar-refractivity contribution in [1.29, 1.82) is 0 Å². The Morgan fingerprint density at radius 1 is 1.38 bits per heavy atom. The van der Waals surface area contributed by atoms with Gasteiger partial charge in [-0.1, -0.05) is 12.1 Å². The summed E-state index contributed by atoms with van der Waals surface area (Å²) in [5, 5.41) is 7.68. The number of benzene rings is 1. The molecular weight excluding hydrogens is 286 g/mol. The Labute approximate surface area is 126 Å². The molecule has 0 fully saturated rings. The number of rotatable bonds is 3. The molecule has 0 atom stereocenters. The van der Waals surface area contributed by atoms with Crippen LogP contribution in [0.5, 0.6) is 0 Å². The average molecular weight is 301 g/mol. The molecule has 0 bridgehead atoms. The first-order valence-corrected chi connectivity index (χ1v) is 7.54. The number of aryl methyl sites for hydroxylation is 2. The molecule has 0 unspecified atom stereocenters. The second-order valence-electron chi connectivity index (χ2n) is 4.81. The number of thiazole rings is 1. The first kappa shape index (κ1) is 13.8. The van der Waals surface area contributed by atoms with Crippen molar-refractivity contribution in [1.82, 2.24) is 10.1 Å². The highest BCUT2D eigenvalue weighted by molar-refractivity contribution is 7.18. The van der Waals surface area contributed by atoms with Gasteiger partial charge in [0.05, 0.1) is 20.9 Å². The smallest absolute Gasteiger partial charge is 0.258 e. The fourth-order valence-electron chi connectivity index (χ4n) is 2.17. The number of carbonyl (C=O) groups excluding carboxylic acids is 1. The molecule has 1 aromatic carbocycles. The third kappa shape index (κ3) is 2.54. The van der Waals surface area contributed by atoms with E-state index < -0.39 is 0 Å². The third-order valence-corrected chi connectivity index (χ3v) is 4.29. The fourth-order valence-corrected chi connectivity index (χ4v) is 2.98. The van der Waals surface area contributed by atoms with Crippen LogP contribution in [0.25, 0.3) is 10.2 Å². The number of anilines is 1. The molecule has 6 heteroatoms. The lowest BCUT2D eigenvalue weighted by atomic mass is 10.2. The predicted molar refractivity (Wildman–Crippen MR) is 82.9 cm³/mol. The van der Waals surface area contributed by atoms with Gasteiger partial charge in [-0.25, -0.2) is 4.98 Å². The number of aromatic nitrogens is 2. The highest BCUT2D eigenvalue weighted by Gasteiger charge is 2.15. The summed E-state index contributed by atoms with van der Waals surface area (Å²) in [5.41, 5.74) is 3.13. The van der Waals surface area contributed by atoms with E-state index in [1.807, 2.05) is 26.8 Å². The molecule has 0 aliphatic heterocycles. The van der Waals surface area contributed by atoms with Crippen LogP contribution in [-0.2, 0) is 6.42 Å². The van der Waals surface area contributed by atoms with Gasteiger partial charge in [0.1, 0.15) is 0 Å². The van der Waals surface area contributed by atoms with Crippen LogP contribution in [-0.4, -0.2) is 16.0 Å². The summed E-state index contributed by atoms with van der Waals surface area (Å²) in [6.45, 7) is 5.83. The van der Waals surface area contributed by atoms with Gasteiger partial charge in [0.2, 0.25) is 5.88 Å². The first-order valence-electron chi connectivity index (χ1n) is 6.72. The number of hydrogen-bond donors (Lipinski definition) is 1. The van der Waals surface area contributed by atoms with Gasteiger partial charge in [0, 0.05) is 11.1 Å². The Hall–Kier alpha value is -2.21. The lowest BCUT2D eigenvalue weighted by molar-refractivity contribution is 0.102. The highest BCUT2D eigenvalue weighted by Crippen LogP contribution is 2.24. The summed E-state index contributed by atoms with van der Waals surface area (Å²) >= 11 is 1.61. The van der Waals surface area contributed by atoms with Gasteiger partial charge in [-0.15, -0.1) is 11.3 Å². The number of fused-ring (bicyclic) bond motifs is 1. The molecule has 0 aliphatic rings. The first-order chi connectivity index (χ1) is 10.1. The van der Waals surface area contributed by atoms with Crippen LogP contribution in [0.2, 0.25) is 0 Å². The number of nitrogens with one attached hydrogen (secondary N) is 1. The van der Waals surface area contributed by atoms with E-state index in [2.05, 4.69) is 15.5 Å². The minimum absolute atomic E-state index is 0.218. The van der Waals surface area contributed by atoms with Gasteiger partial charge >= 0.3 is 0 Å². The van der Waals surface area contributed by atoms with Crippen LogP contribution >= 0.6 is 11.3 Å². The van der Waals surface area contributed by atoms with Crippen LogP contribution in [0.15, 0.2) is 22.7 Å². The Kier molecular flexibility index (Phi) is 3.47. The van der Waals surface area contributed by atoms with Gasteiger partial charge in [0.25, 0.3) is 5.91 Å². The maximum absolute atomic E-state index is 12.3. The molecule has 3 rings (SSSR count). The topological polar surface area (TPSA) is 68.0 Å². The summed E-state index contributed by atoms with van der Waals surface area (Å²) in [6.07, 6.45) is 0.773. The van der Waals surface area contributed by atoms with E-state index in [0.717, 1.165) is 32.9 Å². The average Bonchev–Trinajstić information content (AvgIpc) is 3.00. The van der Waals surface area contributed by atoms with Crippen LogP contribution in [0, 0.1) is 13.8 Å². The number of hydrogen-bond acceptors (Lipinski definition) is 5. The lowest BCUT2D eigenvalue weighted by Crippen LogP contribution is -2.12. The quantitative estimate of drug-likeness (QED) is 0.800. The number of carbonyl (C=O) groups is 1. The van der Waals surface area contributed by atoms with E-state index >= 15 is 0 Å². The lowest BCUT2D eigenvalue weighted by Gasteiger charge is -2.02. The Balaban J connectivity index is 1.87. The normalized spacial score (nSPS) is 11.0. The van der Waals surface area contributed by atoms with E-state index in [4.69, 9.17) is 4.52 Å². The van der Waals surface area contributed by atoms with Crippen molar-refractivity contribution in [2.24, 2.45) is 0 Å². The minimum atomic E-state index is -0.218. The zero-order valence-corrected chi connectivity index (χ0v) is 12.9. The summed E-state index contributed by atoms with van der Waals surface area (Å²) in [7, 11) is 0. The van der Waals surface area contributed by atoms with E-state index in [1.54, 1.807) is 23.5 Å². The summed E-state index contributed by atoms with van der Waals surface area (Å²) in [6, 6.07) is 5.50. The Bertz CT molecular complexity index is 820. The molecule has 0 spiro atoms. The second kappa shape index (κ2) is 5.29. The monoisotopic (exact) mass is 301 g/mol. The van der Waals surface area contributed by atoms with Crippen molar-refractivity contribution in [2.45, 2.75) is 27.2 Å². The largest absolute Gasteiger partial charge is 0.338 e. The number of amides is 1. The second-order valence-corrected chi connectivity index (χ2v) is 6.04. The van der Waals surface area contributed by atoms with Crippen molar-refractivity contribution in [2.75, 3.05) is 5.32 Å². The fraction of sp³-hybridized carbons (Fsp3) is 0.267. The molecule has 2 aromatic heterocycles. The molecule has 0 radical (unpaired) electrons. The van der Waals surface area contributed by atoms with E-state index in [9.17, 15) is 4.79 Å². The van der Waals surface area contributed by atoms with Gasteiger partial charge in [-0.2, -0.15) is 0 Å². The van der Waals surface area contributed by atoms with Gasteiger partial charge in [-0.05, 0) is 38.5 Å². The molecule has 3 aromatic rings. The predicted octanol–water partition coefficient (Wildman–Crippen LogP) is 3.72. The molecule has 1 N–H and O–H groups in total. The molecular formula is C15H15N3O2S. The third-order valence-electron chi connectivity index (χ3n) is 3.34. The van der Waals surface area contributed by atoms with Crippen molar-refractivity contribution >= 4 is 33.3 Å². The van der Waals surface area contributed by atoms with Crippen molar-refractivity contribution < 1.29 is 9.32 Å². The van der Waals surface area contributed by atoms with Crippen LogP contribution in [0.1, 0.15) is 33.5 Å². The van der Waals surface area contributed by atoms with Gasteiger partial charge in [0.15, 0.2) is 0 Å². The molecule has 1 amide bonds. The molecule has 5 nitrogen and oxygen atoms in total. The van der Waals surface area contributed by atoms with Crippen molar-refractivity contribution in [3.05, 3.63) is 40.0 Å². The summed E-state index contributed by atoms with van der Waals surface area (Å²) in [4.78, 5) is 16.7. The van der Waals surface area contributed by atoms with E-state index in [-0.39, 0.29) is 5.91 Å². The van der Waals surface area contributed by atoms with Crippen molar-refractivity contribution in [3.63, 3.8) is 0 Å². The summed E-state index contributed by atoms with van der Waals surface area (Å²) < 4.78 is 6.25. The molecule has 2 heterocycles. The maximum Gasteiger partial charge on any atom is 0.258 e. The maximum atomic E-state index is 12.3. The zero-order valence-electron chi connectivity index (χ0n) is 12.1. The molecule has 0 aliphatic carbocycles. The number of nitrogens with zero attached hydrogens (tertiary/aromatic N) is 2. The van der Waals surface area contributed by atoms with E-state index in [0.29, 0.717) is 11.4 Å². The van der Waals surface area contributed by atoms with Crippen LogP contribution in [0.4, 0.5) is 5.88 Å². The van der Waals surface area contributed by atoms with E-state index in [1.165, 1.54) is 0 Å². The molecule has 21 heavy (non-hydrogen) atoms. The van der Waals surface area contributed by atoms with Crippen LogP contribution in [0.3, 0.4) is 0 Å². The van der Waals surface area contributed by atoms with Crippen molar-refractivity contribution in [3.8, 4) is 0 Å².